The molecule has 0 fully saturated rings. The average Bonchev–Trinajstić information content (AvgIpc) is 2.86. The largest absolute Gasteiger partial charge is 0.245 e. The summed E-state index contributed by atoms with van der Waals surface area (Å²) in [5.41, 5.74) is 7.80. The first kappa shape index (κ1) is 21.3. The minimum Gasteiger partial charge on any atom is -0.245 e. The fourth-order valence-electron chi connectivity index (χ4n) is 3.82. The smallest absolute Gasteiger partial charge is 0.101 e. The highest BCUT2D eigenvalue weighted by molar-refractivity contribution is 6.39. The van der Waals surface area contributed by atoms with Crippen LogP contribution >= 0.6 is 23.2 Å². The molecular weight excluding hydrogens is 361 g/mol. The van der Waals surface area contributed by atoms with Crippen molar-refractivity contribution < 1.29 is 0 Å². The second-order valence-electron chi connectivity index (χ2n) is 6.94. The molecule has 1 aromatic carbocycles. The Morgan fingerprint density at radius 2 is 1.04 bits per heavy atom. The van der Waals surface area contributed by atoms with E-state index < -0.39 is 0 Å². The Bertz CT molecular complexity index is 671. The van der Waals surface area contributed by atoms with E-state index in [4.69, 9.17) is 28.2 Å². The summed E-state index contributed by atoms with van der Waals surface area (Å²) < 4.78 is 0. The van der Waals surface area contributed by atoms with Crippen molar-refractivity contribution in [3.63, 3.8) is 0 Å². The zero-order valence-electron chi connectivity index (χ0n) is 16.6. The third-order valence-electron chi connectivity index (χ3n) is 4.83. The number of para-hydroxylation sites is 1. The van der Waals surface area contributed by atoms with Crippen molar-refractivity contribution in [3.05, 3.63) is 50.5 Å². The number of halogens is 2. The van der Waals surface area contributed by atoms with Gasteiger partial charge in [0, 0.05) is 0 Å². The van der Waals surface area contributed by atoms with Crippen molar-refractivity contribution >= 4 is 34.6 Å². The van der Waals surface area contributed by atoms with Crippen LogP contribution in [0, 0.1) is 0 Å². The van der Waals surface area contributed by atoms with Crippen molar-refractivity contribution in [3.8, 4) is 0 Å². The standard InChI is InChI=1S/C23H31Cl2N/c1-5-10-16-17(11-6-2)19(13-8-4)22(18(16)12-7-3)26-23-20(24)14-9-15-21(23)25/h9,14-15H,5-8,10-13H2,1-4H3. The molecule has 3 heteroatoms. The molecule has 1 aliphatic carbocycles. The molecular formula is C23H31Cl2N. The van der Waals surface area contributed by atoms with E-state index in [9.17, 15) is 0 Å². The lowest BCUT2D eigenvalue weighted by molar-refractivity contribution is 0.825. The van der Waals surface area contributed by atoms with Crippen molar-refractivity contribution in [2.24, 2.45) is 4.99 Å². The third-order valence-corrected chi connectivity index (χ3v) is 5.44. The van der Waals surface area contributed by atoms with Gasteiger partial charge in [-0.25, -0.2) is 4.99 Å². The van der Waals surface area contributed by atoms with E-state index in [1.807, 2.05) is 18.2 Å². The predicted molar refractivity (Wildman–Crippen MR) is 117 cm³/mol. The van der Waals surface area contributed by atoms with Gasteiger partial charge in [-0.05, 0) is 60.1 Å². The third kappa shape index (κ3) is 4.61. The molecule has 0 N–H and O–H groups in total. The van der Waals surface area contributed by atoms with Crippen LogP contribution in [-0.4, -0.2) is 5.71 Å². The van der Waals surface area contributed by atoms with Crippen molar-refractivity contribution in [1.29, 1.82) is 0 Å². The molecule has 142 valence electrons. The van der Waals surface area contributed by atoms with Crippen LogP contribution in [0.1, 0.15) is 79.1 Å². The first-order valence-corrected chi connectivity index (χ1v) is 10.8. The lowest BCUT2D eigenvalue weighted by Crippen LogP contribution is -2.04. The van der Waals surface area contributed by atoms with E-state index in [1.54, 1.807) is 11.1 Å². The molecule has 0 aliphatic heterocycles. The summed E-state index contributed by atoms with van der Waals surface area (Å²) >= 11 is 12.9. The molecule has 0 aromatic heterocycles. The van der Waals surface area contributed by atoms with E-state index >= 15 is 0 Å². The highest BCUT2D eigenvalue weighted by Crippen LogP contribution is 2.42. The predicted octanol–water partition coefficient (Wildman–Crippen LogP) is 8.87. The summed E-state index contributed by atoms with van der Waals surface area (Å²) in [7, 11) is 0. The molecule has 1 aromatic rings. The summed E-state index contributed by atoms with van der Waals surface area (Å²) in [6, 6.07) is 5.61. The van der Waals surface area contributed by atoms with E-state index in [2.05, 4.69) is 27.7 Å². The van der Waals surface area contributed by atoms with Crippen molar-refractivity contribution in [2.75, 3.05) is 0 Å². The molecule has 0 saturated carbocycles. The maximum Gasteiger partial charge on any atom is 0.101 e. The van der Waals surface area contributed by atoms with Gasteiger partial charge in [0.05, 0.1) is 15.8 Å². The van der Waals surface area contributed by atoms with Gasteiger partial charge in [-0.3, -0.25) is 0 Å². The molecule has 0 spiro atoms. The Morgan fingerprint density at radius 3 is 1.42 bits per heavy atom. The first-order chi connectivity index (χ1) is 12.6. The summed E-state index contributed by atoms with van der Waals surface area (Å²) in [5.74, 6) is 0. The summed E-state index contributed by atoms with van der Waals surface area (Å²) in [6.45, 7) is 9.02. The second-order valence-corrected chi connectivity index (χ2v) is 7.76. The van der Waals surface area contributed by atoms with Gasteiger partial charge in [-0.1, -0.05) is 82.6 Å². The highest BCUT2D eigenvalue weighted by Gasteiger charge is 2.28. The summed E-state index contributed by atoms with van der Waals surface area (Å²) in [4.78, 5) is 5.06. The monoisotopic (exact) mass is 391 g/mol. The van der Waals surface area contributed by atoms with Gasteiger partial charge in [0.15, 0.2) is 0 Å². The average molecular weight is 392 g/mol. The van der Waals surface area contributed by atoms with E-state index in [1.165, 1.54) is 11.1 Å². The van der Waals surface area contributed by atoms with Crippen LogP contribution in [-0.2, 0) is 0 Å². The number of allylic oxidation sites excluding steroid dienone is 4. The quantitative estimate of drug-likeness (QED) is 0.398. The Hall–Kier alpha value is -1.05. The minimum atomic E-state index is 0.623. The Labute approximate surface area is 169 Å². The van der Waals surface area contributed by atoms with Crippen LogP contribution in [0.4, 0.5) is 5.69 Å². The lowest BCUT2D eigenvalue weighted by atomic mass is 9.95. The van der Waals surface area contributed by atoms with E-state index in [0.29, 0.717) is 15.7 Å². The molecule has 0 unspecified atom stereocenters. The van der Waals surface area contributed by atoms with Crippen LogP contribution in [0.25, 0.3) is 0 Å². The molecule has 1 nitrogen and oxygen atoms in total. The minimum absolute atomic E-state index is 0.623. The number of rotatable bonds is 9. The molecule has 26 heavy (non-hydrogen) atoms. The molecule has 0 bridgehead atoms. The number of aliphatic imine (C=N–C) groups is 1. The SMILES string of the molecule is CCCC1=C(CCC)C(CCC)=C(CCC)C1=Nc1c(Cl)cccc1Cl. The van der Waals surface area contributed by atoms with Crippen LogP contribution in [0.3, 0.4) is 0 Å². The van der Waals surface area contributed by atoms with Gasteiger partial charge in [0.2, 0.25) is 0 Å². The van der Waals surface area contributed by atoms with Crippen LogP contribution < -0.4 is 0 Å². The van der Waals surface area contributed by atoms with Crippen molar-refractivity contribution in [1.82, 2.24) is 0 Å². The molecule has 0 radical (unpaired) electrons. The van der Waals surface area contributed by atoms with Gasteiger partial charge in [-0.15, -0.1) is 0 Å². The maximum absolute atomic E-state index is 6.43. The van der Waals surface area contributed by atoms with Crippen molar-refractivity contribution in [2.45, 2.75) is 79.1 Å². The number of hydrogen-bond donors (Lipinski definition) is 0. The zero-order valence-corrected chi connectivity index (χ0v) is 18.1. The maximum atomic E-state index is 6.43. The topological polar surface area (TPSA) is 12.4 Å². The Kier molecular flexibility index (Phi) is 8.44. The number of nitrogens with zero attached hydrogens (tertiary/aromatic N) is 1. The van der Waals surface area contributed by atoms with Crippen LogP contribution in [0.2, 0.25) is 10.0 Å². The summed E-state index contributed by atoms with van der Waals surface area (Å²) in [6.07, 6.45) is 8.96. The fourth-order valence-corrected chi connectivity index (χ4v) is 4.30. The van der Waals surface area contributed by atoms with E-state index in [0.717, 1.165) is 57.1 Å². The fraction of sp³-hybridized carbons (Fsp3) is 0.522. The highest BCUT2D eigenvalue weighted by atomic mass is 35.5. The Morgan fingerprint density at radius 1 is 0.654 bits per heavy atom. The Balaban J connectivity index is 2.69. The molecule has 0 atom stereocenters. The number of hydrogen-bond acceptors (Lipinski definition) is 1. The lowest BCUT2D eigenvalue weighted by Gasteiger charge is -2.11. The van der Waals surface area contributed by atoms with Gasteiger partial charge in [0.25, 0.3) is 0 Å². The zero-order chi connectivity index (χ0) is 19.1. The second kappa shape index (κ2) is 10.3. The van der Waals surface area contributed by atoms with Crippen LogP contribution in [0.5, 0.6) is 0 Å². The molecule has 2 rings (SSSR count). The summed E-state index contributed by atoms with van der Waals surface area (Å²) in [5, 5.41) is 1.25. The van der Waals surface area contributed by atoms with Gasteiger partial charge in [0.1, 0.15) is 5.69 Å². The van der Waals surface area contributed by atoms with Crippen LogP contribution in [0.15, 0.2) is 45.5 Å². The molecule has 0 heterocycles. The molecule has 0 saturated heterocycles. The molecule has 0 amide bonds. The number of benzene rings is 1. The first-order valence-electron chi connectivity index (χ1n) is 10.1. The van der Waals surface area contributed by atoms with Gasteiger partial charge in [-0.2, -0.15) is 0 Å². The van der Waals surface area contributed by atoms with E-state index in [-0.39, 0.29) is 0 Å². The molecule has 1 aliphatic rings. The normalized spacial score (nSPS) is 14.6. The van der Waals surface area contributed by atoms with Gasteiger partial charge < -0.3 is 0 Å². The van der Waals surface area contributed by atoms with Gasteiger partial charge >= 0.3 is 0 Å².